The highest BCUT2D eigenvalue weighted by Crippen LogP contribution is 2.24. The van der Waals surface area contributed by atoms with Gasteiger partial charge in [0.25, 0.3) is 0 Å². The van der Waals surface area contributed by atoms with Gasteiger partial charge in [-0.25, -0.2) is 9.97 Å². The molecule has 0 atom stereocenters. The van der Waals surface area contributed by atoms with Crippen LogP contribution < -0.4 is 4.74 Å². The normalized spacial score (nSPS) is 10.1. The number of aromatic nitrogens is 2. The van der Waals surface area contributed by atoms with Gasteiger partial charge in [-0.3, -0.25) is 0 Å². The summed E-state index contributed by atoms with van der Waals surface area (Å²) in [6.45, 7) is 1.87. The zero-order valence-corrected chi connectivity index (χ0v) is 10.1. The topological polar surface area (TPSA) is 55.2 Å². The van der Waals surface area contributed by atoms with Crippen LogP contribution in [0, 0.1) is 6.92 Å². The third kappa shape index (κ3) is 2.70. The first kappa shape index (κ1) is 10.9. The summed E-state index contributed by atoms with van der Waals surface area (Å²) in [6.07, 6.45) is 3.19. The number of phenols is 1. The second kappa shape index (κ2) is 4.49. The van der Waals surface area contributed by atoms with Crippen LogP contribution in [0.25, 0.3) is 0 Å². The molecule has 1 N–H and O–H groups in total. The van der Waals surface area contributed by atoms with E-state index in [2.05, 4.69) is 25.9 Å². The Balaban J connectivity index is 2.23. The van der Waals surface area contributed by atoms with Crippen molar-refractivity contribution in [3.8, 4) is 17.5 Å². The van der Waals surface area contributed by atoms with Crippen molar-refractivity contribution >= 4 is 15.9 Å². The Labute approximate surface area is 101 Å². The van der Waals surface area contributed by atoms with Crippen LogP contribution in [-0.4, -0.2) is 15.1 Å². The first-order chi connectivity index (χ1) is 7.63. The van der Waals surface area contributed by atoms with Gasteiger partial charge in [-0.2, -0.15) is 0 Å². The number of aryl methyl sites for hydroxylation is 1. The van der Waals surface area contributed by atoms with Crippen molar-refractivity contribution in [1.29, 1.82) is 0 Å². The number of ether oxygens (including phenoxy) is 1. The van der Waals surface area contributed by atoms with Crippen molar-refractivity contribution in [1.82, 2.24) is 9.97 Å². The lowest BCUT2D eigenvalue weighted by atomic mass is 10.2. The molecule has 0 saturated heterocycles. The molecule has 0 aliphatic heterocycles. The first-order valence-electron chi connectivity index (χ1n) is 4.59. The minimum Gasteiger partial charge on any atom is -0.508 e. The van der Waals surface area contributed by atoms with E-state index in [0.29, 0.717) is 5.75 Å². The number of hydrogen-bond donors (Lipinski definition) is 1. The summed E-state index contributed by atoms with van der Waals surface area (Å²) in [4.78, 5) is 7.94. The minimum absolute atomic E-state index is 0.159. The van der Waals surface area contributed by atoms with Crippen molar-refractivity contribution in [2.45, 2.75) is 6.92 Å². The average molecular weight is 281 g/mol. The molecular formula is C11H9BrN2O2. The maximum atomic E-state index is 9.39. The SMILES string of the molecule is Cc1cc(O)cc(Oc2ncc(Br)cn2)c1. The number of aromatic hydroxyl groups is 1. The van der Waals surface area contributed by atoms with Crippen LogP contribution in [0.5, 0.6) is 17.5 Å². The zero-order chi connectivity index (χ0) is 11.5. The molecule has 4 nitrogen and oxygen atoms in total. The fourth-order valence-electron chi connectivity index (χ4n) is 1.25. The molecule has 82 valence electrons. The van der Waals surface area contributed by atoms with Crippen LogP contribution in [0.2, 0.25) is 0 Å². The Morgan fingerprint density at radius 2 is 1.88 bits per heavy atom. The van der Waals surface area contributed by atoms with Crippen molar-refractivity contribution in [3.05, 3.63) is 40.6 Å². The fourth-order valence-corrected chi connectivity index (χ4v) is 1.45. The number of nitrogens with zero attached hydrogens (tertiary/aromatic N) is 2. The predicted molar refractivity (Wildman–Crippen MR) is 62.6 cm³/mol. The molecule has 16 heavy (non-hydrogen) atoms. The standard InChI is InChI=1S/C11H9BrN2O2/c1-7-2-9(15)4-10(3-7)16-11-13-5-8(12)6-14-11/h2-6,15H,1H3. The fraction of sp³-hybridized carbons (Fsp3) is 0.0909. The molecule has 0 saturated carbocycles. The highest BCUT2D eigenvalue weighted by Gasteiger charge is 2.02. The molecule has 0 bridgehead atoms. The molecule has 0 aliphatic carbocycles. The number of halogens is 1. The predicted octanol–water partition coefficient (Wildman–Crippen LogP) is 3.05. The summed E-state index contributed by atoms with van der Waals surface area (Å²) in [6, 6.07) is 5.20. The summed E-state index contributed by atoms with van der Waals surface area (Å²) < 4.78 is 6.18. The monoisotopic (exact) mass is 280 g/mol. The number of rotatable bonds is 2. The van der Waals surface area contributed by atoms with Crippen molar-refractivity contribution < 1.29 is 9.84 Å². The van der Waals surface area contributed by atoms with Gasteiger partial charge in [0, 0.05) is 18.5 Å². The maximum absolute atomic E-state index is 9.39. The molecule has 0 aliphatic rings. The second-order valence-corrected chi connectivity index (χ2v) is 4.21. The number of hydrogen-bond acceptors (Lipinski definition) is 4. The molecular weight excluding hydrogens is 272 g/mol. The Bertz CT molecular complexity index is 480. The Morgan fingerprint density at radius 1 is 1.19 bits per heavy atom. The molecule has 0 fully saturated rings. The van der Waals surface area contributed by atoms with E-state index in [9.17, 15) is 5.11 Å². The van der Waals surface area contributed by atoms with Gasteiger partial charge in [-0.15, -0.1) is 0 Å². The van der Waals surface area contributed by atoms with Crippen LogP contribution in [0.15, 0.2) is 35.1 Å². The summed E-state index contributed by atoms with van der Waals surface area (Å²) in [5.41, 5.74) is 0.909. The zero-order valence-electron chi connectivity index (χ0n) is 8.51. The lowest BCUT2D eigenvalue weighted by Gasteiger charge is -2.05. The average Bonchev–Trinajstić information content (AvgIpc) is 2.20. The van der Waals surface area contributed by atoms with Crippen molar-refractivity contribution in [2.24, 2.45) is 0 Å². The second-order valence-electron chi connectivity index (χ2n) is 3.29. The van der Waals surface area contributed by atoms with Crippen molar-refractivity contribution in [3.63, 3.8) is 0 Å². The summed E-state index contributed by atoms with van der Waals surface area (Å²) in [5.74, 6) is 0.673. The molecule has 2 aromatic rings. The van der Waals surface area contributed by atoms with Gasteiger partial charge in [0.15, 0.2) is 0 Å². The summed E-state index contributed by atoms with van der Waals surface area (Å²) in [5, 5.41) is 9.39. The van der Waals surface area contributed by atoms with Crippen LogP contribution in [0.1, 0.15) is 5.56 Å². The lowest BCUT2D eigenvalue weighted by molar-refractivity contribution is 0.430. The van der Waals surface area contributed by atoms with E-state index in [1.807, 2.05) is 6.92 Å². The van der Waals surface area contributed by atoms with E-state index >= 15 is 0 Å². The maximum Gasteiger partial charge on any atom is 0.321 e. The van der Waals surface area contributed by atoms with E-state index in [1.54, 1.807) is 24.5 Å². The quantitative estimate of drug-likeness (QED) is 0.919. The van der Waals surface area contributed by atoms with Crippen LogP contribution in [0.4, 0.5) is 0 Å². The minimum atomic E-state index is 0.159. The van der Waals surface area contributed by atoms with Crippen molar-refractivity contribution in [2.75, 3.05) is 0 Å². The summed E-state index contributed by atoms with van der Waals surface area (Å²) in [7, 11) is 0. The molecule has 0 amide bonds. The van der Waals surface area contributed by atoms with E-state index in [4.69, 9.17) is 4.74 Å². The van der Waals surface area contributed by atoms with Gasteiger partial charge in [-0.05, 0) is 40.5 Å². The lowest BCUT2D eigenvalue weighted by Crippen LogP contribution is -1.91. The summed E-state index contributed by atoms with van der Waals surface area (Å²) >= 11 is 3.23. The van der Waals surface area contributed by atoms with Gasteiger partial charge < -0.3 is 9.84 Å². The third-order valence-electron chi connectivity index (χ3n) is 1.84. The van der Waals surface area contributed by atoms with E-state index in [0.717, 1.165) is 10.0 Å². The van der Waals surface area contributed by atoms with Crippen LogP contribution >= 0.6 is 15.9 Å². The van der Waals surface area contributed by atoms with E-state index < -0.39 is 0 Å². The Hall–Kier alpha value is -1.62. The highest BCUT2D eigenvalue weighted by molar-refractivity contribution is 9.10. The van der Waals surface area contributed by atoms with Gasteiger partial charge in [0.1, 0.15) is 11.5 Å². The number of phenolic OH excluding ortho intramolecular Hbond substituents is 1. The molecule has 1 heterocycles. The van der Waals surface area contributed by atoms with Gasteiger partial charge >= 0.3 is 6.01 Å². The first-order valence-corrected chi connectivity index (χ1v) is 5.39. The highest BCUT2D eigenvalue weighted by atomic mass is 79.9. The van der Waals surface area contributed by atoms with E-state index in [-0.39, 0.29) is 11.8 Å². The molecule has 1 aromatic carbocycles. The smallest absolute Gasteiger partial charge is 0.321 e. The van der Waals surface area contributed by atoms with Crippen LogP contribution in [-0.2, 0) is 0 Å². The number of benzene rings is 1. The Kier molecular flexibility index (Phi) is 3.05. The molecule has 1 aromatic heterocycles. The molecule has 0 spiro atoms. The van der Waals surface area contributed by atoms with Gasteiger partial charge in [0.2, 0.25) is 0 Å². The molecule has 2 rings (SSSR count). The van der Waals surface area contributed by atoms with Gasteiger partial charge in [0.05, 0.1) is 4.47 Å². The van der Waals surface area contributed by atoms with Crippen LogP contribution in [0.3, 0.4) is 0 Å². The molecule has 0 radical (unpaired) electrons. The molecule has 0 unspecified atom stereocenters. The third-order valence-corrected chi connectivity index (χ3v) is 2.25. The van der Waals surface area contributed by atoms with Gasteiger partial charge in [-0.1, -0.05) is 0 Å². The largest absolute Gasteiger partial charge is 0.508 e. The molecule has 5 heteroatoms. The Morgan fingerprint density at radius 3 is 2.50 bits per heavy atom. The van der Waals surface area contributed by atoms with E-state index in [1.165, 1.54) is 6.07 Å².